The highest BCUT2D eigenvalue weighted by atomic mass is 35.5. The Labute approximate surface area is 178 Å². The lowest BCUT2D eigenvalue weighted by Gasteiger charge is -2.27. The number of rotatable bonds is 5. The smallest absolute Gasteiger partial charge is 0.336 e. The monoisotopic (exact) mass is 431 g/mol. The van der Waals surface area contributed by atoms with Gasteiger partial charge in [-0.2, -0.15) is 0 Å². The van der Waals surface area contributed by atoms with Gasteiger partial charge in [0, 0.05) is 18.8 Å². The van der Waals surface area contributed by atoms with Gasteiger partial charge in [-0.1, -0.05) is 41.4 Å². The van der Waals surface area contributed by atoms with E-state index in [0.29, 0.717) is 5.56 Å². The zero-order chi connectivity index (χ0) is 21.1. The molecule has 4 amide bonds. The van der Waals surface area contributed by atoms with Crippen LogP contribution in [0.5, 0.6) is 0 Å². The lowest BCUT2D eigenvalue weighted by Crippen LogP contribution is -2.54. The molecule has 0 spiro atoms. The first-order chi connectivity index (χ1) is 13.9. The molecule has 1 saturated heterocycles. The number of hydrogen-bond acceptors (Lipinski definition) is 4. The van der Waals surface area contributed by atoms with Crippen LogP contribution in [0.1, 0.15) is 19.4 Å². The molecule has 0 unspecified atom stereocenters. The van der Waals surface area contributed by atoms with Crippen molar-refractivity contribution in [1.82, 2.24) is 5.32 Å². The van der Waals surface area contributed by atoms with E-state index in [9.17, 15) is 14.4 Å². The molecule has 1 N–H and O–H groups in total. The number of anilines is 2. The summed E-state index contributed by atoms with van der Waals surface area (Å²) >= 11 is 12.2. The van der Waals surface area contributed by atoms with Crippen LogP contribution in [0.15, 0.2) is 48.0 Å². The van der Waals surface area contributed by atoms with Crippen molar-refractivity contribution in [2.45, 2.75) is 13.8 Å². The van der Waals surface area contributed by atoms with Gasteiger partial charge < -0.3 is 4.90 Å². The molecule has 150 valence electrons. The summed E-state index contributed by atoms with van der Waals surface area (Å²) in [6.07, 6.45) is 1.45. The van der Waals surface area contributed by atoms with Gasteiger partial charge in [-0.05, 0) is 49.8 Å². The average molecular weight is 432 g/mol. The van der Waals surface area contributed by atoms with Crippen molar-refractivity contribution in [3.05, 3.63) is 63.6 Å². The Bertz CT molecular complexity index is 999. The van der Waals surface area contributed by atoms with E-state index in [0.717, 1.165) is 23.7 Å². The quantitative estimate of drug-likeness (QED) is 0.558. The number of nitrogens with one attached hydrogen (secondary N) is 1. The summed E-state index contributed by atoms with van der Waals surface area (Å²) in [4.78, 5) is 40.5. The number of carbonyl (C=O) groups excluding carboxylic acids is 3. The Kier molecular flexibility index (Phi) is 6.25. The van der Waals surface area contributed by atoms with Crippen LogP contribution in [0.3, 0.4) is 0 Å². The summed E-state index contributed by atoms with van der Waals surface area (Å²) in [5.41, 5.74) is 1.64. The number of amides is 4. The Morgan fingerprint density at radius 1 is 1.00 bits per heavy atom. The first-order valence-electron chi connectivity index (χ1n) is 9.07. The molecule has 1 aliphatic heterocycles. The minimum absolute atomic E-state index is 0.0509. The van der Waals surface area contributed by atoms with E-state index in [4.69, 9.17) is 23.2 Å². The van der Waals surface area contributed by atoms with Crippen LogP contribution in [-0.4, -0.2) is 30.9 Å². The molecule has 0 saturated carbocycles. The molecule has 0 atom stereocenters. The van der Waals surface area contributed by atoms with Crippen molar-refractivity contribution in [3.63, 3.8) is 0 Å². The summed E-state index contributed by atoms with van der Waals surface area (Å²) in [5, 5.41) is 2.42. The van der Waals surface area contributed by atoms with Crippen LogP contribution >= 0.6 is 23.2 Å². The van der Waals surface area contributed by atoms with E-state index in [-0.39, 0.29) is 21.3 Å². The zero-order valence-corrected chi connectivity index (χ0v) is 17.4. The molecule has 2 aromatic rings. The van der Waals surface area contributed by atoms with Gasteiger partial charge in [-0.3, -0.25) is 14.9 Å². The zero-order valence-electron chi connectivity index (χ0n) is 15.9. The molecule has 1 aliphatic rings. The number of barbiturate groups is 1. The van der Waals surface area contributed by atoms with Crippen molar-refractivity contribution in [2.24, 2.45) is 0 Å². The average Bonchev–Trinajstić information content (AvgIpc) is 2.70. The van der Waals surface area contributed by atoms with Gasteiger partial charge in [0.1, 0.15) is 5.57 Å². The van der Waals surface area contributed by atoms with Gasteiger partial charge in [0.05, 0.1) is 15.7 Å². The van der Waals surface area contributed by atoms with Crippen molar-refractivity contribution in [3.8, 4) is 0 Å². The number of benzene rings is 2. The summed E-state index contributed by atoms with van der Waals surface area (Å²) in [7, 11) is 0. The van der Waals surface area contributed by atoms with Crippen LogP contribution in [-0.2, 0) is 9.59 Å². The Morgan fingerprint density at radius 3 is 2.28 bits per heavy atom. The van der Waals surface area contributed by atoms with Crippen molar-refractivity contribution in [2.75, 3.05) is 22.9 Å². The second-order valence-corrected chi connectivity index (χ2v) is 7.08. The first kappa shape index (κ1) is 20.9. The number of hydrogen-bond donors (Lipinski definition) is 1. The Morgan fingerprint density at radius 2 is 1.66 bits per heavy atom. The number of nitrogens with zero attached hydrogens (tertiary/aromatic N) is 2. The van der Waals surface area contributed by atoms with Gasteiger partial charge in [0.15, 0.2) is 0 Å². The van der Waals surface area contributed by atoms with Gasteiger partial charge in [-0.15, -0.1) is 0 Å². The van der Waals surface area contributed by atoms with Crippen molar-refractivity contribution < 1.29 is 14.4 Å². The lowest BCUT2D eigenvalue weighted by molar-refractivity contribution is -0.122. The van der Waals surface area contributed by atoms with Crippen LogP contribution in [0.4, 0.5) is 16.2 Å². The van der Waals surface area contributed by atoms with E-state index in [1.807, 2.05) is 24.3 Å². The molecule has 2 aromatic carbocycles. The van der Waals surface area contributed by atoms with E-state index < -0.39 is 17.8 Å². The largest absolute Gasteiger partial charge is 0.372 e. The molecule has 1 heterocycles. The number of imide groups is 2. The molecule has 29 heavy (non-hydrogen) atoms. The number of halogens is 2. The molecule has 0 aliphatic carbocycles. The Hall–Kier alpha value is -2.83. The SMILES string of the molecule is CCN(CC)c1ccc(/C=C2/C(=O)NC(=O)N(c3cccc(Cl)c3Cl)C2=O)cc1. The predicted octanol–water partition coefficient (Wildman–Crippen LogP) is 4.51. The fraction of sp³-hybridized carbons (Fsp3) is 0.190. The molecule has 6 nitrogen and oxygen atoms in total. The lowest BCUT2D eigenvalue weighted by atomic mass is 10.1. The van der Waals surface area contributed by atoms with E-state index in [1.54, 1.807) is 12.1 Å². The van der Waals surface area contributed by atoms with E-state index >= 15 is 0 Å². The summed E-state index contributed by atoms with van der Waals surface area (Å²) in [6.45, 7) is 5.87. The molecule has 0 radical (unpaired) electrons. The highest BCUT2D eigenvalue weighted by Gasteiger charge is 2.37. The fourth-order valence-corrected chi connectivity index (χ4v) is 3.46. The third-order valence-electron chi connectivity index (χ3n) is 4.61. The molecule has 8 heteroatoms. The Balaban J connectivity index is 1.96. The third kappa shape index (κ3) is 4.13. The summed E-state index contributed by atoms with van der Waals surface area (Å²) in [5.74, 6) is -1.53. The predicted molar refractivity (Wildman–Crippen MR) is 115 cm³/mol. The first-order valence-corrected chi connectivity index (χ1v) is 9.83. The van der Waals surface area contributed by atoms with Gasteiger partial charge >= 0.3 is 6.03 Å². The topological polar surface area (TPSA) is 69.7 Å². The highest BCUT2D eigenvalue weighted by Crippen LogP contribution is 2.34. The summed E-state index contributed by atoms with van der Waals surface area (Å²) in [6, 6.07) is 11.2. The standard InChI is InChI=1S/C21H19Cl2N3O3/c1-3-25(4-2)14-10-8-13(9-11-14)12-15-19(27)24-21(29)26(20(15)28)17-7-5-6-16(22)18(17)23/h5-12H,3-4H2,1-2H3,(H,24,27,29)/b15-12-. The van der Waals surface area contributed by atoms with Gasteiger partial charge in [0.25, 0.3) is 11.8 Å². The van der Waals surface area contributed by atoms with Gasteiger partial charge in [0.2, 0.25) is 0 Å². The minimum atomic E-state index is -0.877. The van der Waals surface area contributed by atoms with Gasteiger partial charge in [-0.25, -0.2) is 9.69 Å². The maximum Gasteiger partial charge on any atom is 0.336 e. The maximum atomic E-state index is 12.9. The van der Waals surface area contributed by atoms with Crippen LogP contribution in [0, 0.1) is 0 Å². The molecule has 1 fully saturated rings. The normalized spacial score (nSPS) is 15.7. The minimum Gasteiger partial charge on any atom is -0.372 e. The number of carbonyl (C=O) groups is 3. The molecule has 3 rings (SSSR count). The van der Waals surface area contributed by atoms with E-state index in [2.05, 4.69) is 24.1 Å². The highest BCUT2D eigenvalue weighted by molar-refractivity contribution is 6.46. The van der Waals surface area contributed by atoms with Crippen molar-refractivity contribution >= 4 is 58.5 Å². The third-order valence-corrected chi connectivity index (χ3v) is 5.42. The van der Waals surface area contributed by atoms with Crippen LogP contribution in [0.2, 0.25) is 10.0 Å². The fourth-order valence-electron chi connectivity index (χ4n) is 3.08. The molecular weight excluding hydrogens is 413 g/mol. The van der Waals surface area contributed by atoms with Crippen LogP contribution in [0.25, 0.3) is 6.08 Å². The maximum absolute atomic E-state index is 12.9. The van der Waals surface area contributed by atoms with Crippen LogP contribution < -0.4 is 15.1 Å². The second kappa shape index (κ2) is 8.68. The molecular formula is C21H19Cl2N3O3. The number of urea groups is 1. The molecule has 0 aromatic heterocycles. The second-order valence-electron chi connectivity index (χ2n) is 6.29. The summed E-state index contributed by atoms with van der Waals surface area (Å²) < 4.78 is 0. The molecule has 0 bridgehead atoms. The van der Waals surface area contributed by atoms with Crippen molar-refractivity contribution in [1.29, 1.82) is 0 Å². The van der Waals surface area contributed by atoms with E-state index in [1.165, 1.54) is 12.1 Å².